The standard InChI is InChI=1S/C22H25Cl2N3O5S/c1-13-8-14(2)11-27(10-13)33(30,31)17-6-4-16(5-7-17)22(29)32-12-19(28)26-21-20(24)15(3)18(23)9-25-21/h4-7,9,13-14H,8,10-12H2,1-3H3,(H,25,26,28)/t13-,14-/m0/s1. The summed E-state index contributed by atoms with van der Waals surface area (Å²) in [5.74, 6) is -0.722. The lowest BCUT2D eigenvalue weighted by Crippen LogP contribution is -2.42. The molecule has 2 atom stereocenters. The molecule has 0 bridgehead atoms. The molecule has 0 aliphatic carbocycles. The summed E-state index contributed by atoms with van der Waals surface area (Å²) < 4.78 is 32.4. The molecule has 1 aromatic carbocycles. The van der Waals surface area contributed by atoms with Crippen LogP contribution in [0.4, 0.5) is 5.82 Å². The van der Waals surface area contributed by atoms with Crippen molar-refractivity contribution in [1.29, 1.82) is 0 Å². The van der Waals surface area contributed by atoms with Crippen molar-refractivity contribution in [2.45, 2.75) is 32.1 Å². The van der Waals surface area contributed by atoms with Gasteiger partial charge in [0.05, 0.1) is 20.5 Å². The molecule has 1 amide bonds. The Balaban J connectivity index is 1.60. The van der Waals surface area contributed by atoms with Gasteiger partial charge in [0, 0.05) is 19.3 Å². The van der Waals surface area contributed by atoms with E-state index in [4.69, 9.17) is 27.9 Å². The minimum atomic E-state index is -3.65. The molecule has 0 saturated carbocycles. The molecule has 178 valence electrons. The fourth-order valence-corrected chi connectivity index (χ4v) is 5.81. The second kappa shape index (κ2) is 10.4. The van der Waals surface area contributed by atoms with Crippen molar-refractivity contribution < 1.29 is 22.7 Å². The molecular formula is C22H25Cl2N3O5S. The van der Waals surface area contributed by atoms with Gasteiger partial charge in [0.2, 0.25) is 10.0 Å². The van der Waals surface area contributed by atoms with Gasteiger partial charge in [-0.1, -0.05) is 37.0 Å². The van der Waals surface area contributed by atoms with Gasteiger partial charge < -0.3 is 10.1 Å². The highest BCUT2D eigenvalue weighted by molar-refractivity contribution is 7.89. The third-order valence-electron chi connectivity index (χ3n) is 5.36. The SMILES string of the molecule is Cc1c(Cl)cnc(NC(=O)COC(=O)c2ccc(S(=O)(=O)N3C[C@@H](C)C[C@H](C)C3)cc2)c1Cl. The molecular weight excluding hydrogens is 489 g/mol. The second-order valence-corrected chi connectivity index (χ2v) is 11.0. The van der Waals surface area contributed by atoms with Gasteiger partial charge in [-0.2, -0.15) is 4.31 Å². The normalized spacial score (nSPS) is 19.2. The van der Waals surface area contributed by atoms with Crippen molar-refractivity contribution in [3.8, 4) is 0 Å². The van der Waals surface area contributed by atoms with E-state index >= 15 is 0 Å². The number of sulfonamides is 1. The summed E-state index contributed by atoms with van der Waals surface area (Å²) in [5, 5.41) is 3.01. The van der Waals surface area contributed by atoms with Crippen molar-refractivity contribution >= 4 is 50.9 Å². The van der Waals surface area contributed by atoms with E-state index in [1.54, 1.807) is 6.92 Å². The Bertz CT molecular complexity index is 1150. The molecule has 0 spiro atoms. The molecule has 3 rings (SSSR count). The van der Waals surface area contributed by atoms with Crippen LogP contribution in [0.25, 0.3) is 0 Å². The highest BCUT2D eigenvalue weighted by Crippen LogP contribution is 2.29. The largest absolute Gasteiger partial charge is 0.452 e. The Labute approximate surface area is 203 Å². The number of ether oxygens (including phenoxy) is 1. The van der Waals surface area contributed by atoms with Crippen LogP contribution in [0.5, 0.6) is 0 Å². The summed E-state index contributed by atoms with van der Waals surface area (Å²) in [5.41, 5.74) is 0.685. The molecule has 1 saturated heterocycles. The zero-order valence-electron chi connectivity index (χ0n) is 18.5. The number of carbonyl (C=O) groups excluding carboxylic acids is 2. The van der Waals surface area contributed by atoms with Crippen LogP contribution >= 0.6 is 23.2 Å². The lowest BCUT2D eigenvalue weighted by Gasteiger charge is -2.34. The first-order valence-corrected chi connectivity index (χ1v) is 12.6. The van der Waals surface area contributed by atoms with E-state index in [2.05, 4.69) is 10.3 Å². The predicted octanol–water partition coefficient (Wildman–Crippen LogP) is 4.16. The predicted molar refractivity (Wildman–Crippen MR) is 126 cm³/mol. The highest BCUT2D eigenvalue weighted by atomic mass is 35.5. The van der Waals surface area contributed by atoms with Crippen LogP contribution in [0.3, 0.4) is 0 Å². The molecule has 1 fully saturated rings. The Kier molecular flexibility index (Phi) is 8.00. The first-order chi connectivity index (χ1) is 15.5. The van der Waals surface area contributed by atoms with Crippen molar-refractivity contribution in [3.05, 3.63) is 51.6 Å². The van der Waals surface area contributed by atoms with E-state index in [9.17, 15) is 18.0 Å². The molecule has 8 nitrogen and oxygen atoms in total. The molecule has 1 aliphatic rings. The van der Waals surface area contributed by atoms with E-state index in [1.165, 1.54) is 34.8 Å². The number of hydrogen-bond acceptors (Lipinski definition) is 6. The minimum absolute atomic E-state index is 0.107. The molecule has 0 radical (unpaired) electrons. The van der Waals surface area contributed by atoms with E-state index in [0.29, 0.717) is 23.7 Å². The lowest BCUT2D eigenvalue weighted by molar-refractivity contribution is -0.119. The summed E-state index contributed by atoms with van der Waals surface area (Å²) >= 11 is 12.0. The van der Waals surface area contributed by atoms with Gasteiger partial charge >= 0.3 is 5.97 Å². The average molecular weight is 514 g/mol. The van der Waals surface area contributed by atoms with Gasteiger partial charge in [-0.25, -0.2) is 18.2 Å². The number of nitrogens with zero attached hydrogens (tertiary/aromatic N) is 2. The Morgan fingerprint density at radius 2 is 1.76 bits per heavy atom. The number of benzene rings is 1. The van der Waals surface area contributed by atoms with Crippen LogP contribution in [-0.4, -0.2) is 49.3 Å². The number of rotatable bonds is 6. The molecule has 1 aromatic heterocycles. The van der Waals surface area contributed by atoms with Gasteiger partial charge in [0.15, 0.2) is 12.4 Å². The smallest absolute Gasteiger partial charge is 0.338 e. The van der Waals surface area contributed by atoms with Crippen LogP contribution < -0.4 is 5.32 Å². The average Bonchev–Trinajstić information content (AvgIpc) is 2.77. The van der Waals surface area contributed by atoms with Crippen LogP contribution in [0.15, 0.2) is 35.4 Å². The van der Waals surface area contributed by atoms with Gasteiger partial charge in [0.25, 0.3) is 5.91 Å². The van der Waals surface area contributed by atoms with E-state index in [0.717, 1.165) is 6.42 Å². The number of amides is 1. The zero-order chi connectivity index (χ0) is 24.3. The van der Waals surface area contributed by atoms with E-state index in [1.807, 2.05) is 13.8 Å². The van der Waals surface area contributed by atoms with Crippen molar-refractivity contribution in [1.82, 2.24) is 9.29 Å². The maximum atomic E-state index is 13.0. The van der Waals surface area contributed by atoms with Crippen LogP contribution in [0.2, 0.25) is 10.0 Å². The third kappa shape index (κ3) is 6.03. The van der Waals surface area contributed by atoms with Gasteiger partial charge in [0.1, 0.15) is 0 Å². The Hall–Kier alpha value is -2.20. The molecule has 33 heavy (non-hydrogen) atoms. The van der Waals surface area contributed by atoms with E-state index < -0.39 is 28.5 Å². The van der Waals surface area contributed by atoms with E-state index in [-0.39, 0.29) is 33.1 Å². The van der Waals surface area contributed by atoms with Gasteiger partial charge in [-0.05, 0) is 55.0 Å². The zero-order valence-corrected chi connectivity index (χ0v) is 20.8. The van der Waals surface area contributed by atoms with Crippen LogP contribution in [0.1, 0.15) is 36.2 Å². The van der Waals surface area contributed by atoms with Crippen LogP contribution in [0, 0.1) is 18.8 Å². The first-order valence-electron chi connectivity index (χ1n) is 10.4. The summed E-state index contributed by atoms with van der Waals surface area (Å²) in [4.78, 5) is 28.5. The monoisotopic (exact) mass is 513 g/mol. The number of aromatic nitrogens is 1. The number of pyridine rings is 1. The highest BCUT2D eigenvalue weighted by Gasteiger charge is 2.31. The number of piperidine rings is 1. The number of hydrogen-bond donors (Lipinski definition) is 1. The molecule has 2 heterocycles. The summed E-state index contributed by atoms with van der Waals surface area (Å²) in [7, 11) is -3.65. The molecule has 2 aromatic rings. The number of nitrogens with one attached hydrogen (secondary N) is 1. The maximum Gasteiger partial charge on any atom is 0.338 e. The second-order valence-electron chi connectivity index (χ2n) is 8.31. The summed E-state index contributed by atoms with van der Waals surface area (Å²) in [6.07, 6.45) is 2.34. The Morgan fingerprint density at radius 1 is 1.15 bits per heavy atom. The number of anilines is 1. The quantitative estimate of drug-likeness (QED) is 0.581. The minimum Gasteiger partial charge on any atom is -0.452 e. The third-order valence-corrected chi connectivity index (χ3v) is 8.05. The molecule has 0 unspecified atom stereocenters. The molecule has 11 heteroatoms. The van der Waals surface area contributed by atoms with Crippen LogP contribution in [-0.2, 0) is 19.6 Å². The van der Waals surface area contributed by atoms with Gasteiger partial charge in [-0.3, -0.25) is 4.79 Å². The molecule has 1 aliphatic heterocycles. The maximum absolute atomic E-state index is 13.0. The number of halogens is 2. The molecule has 1 N–H and O–H groups in total. The Morgan fingerprint density at radius 3 is 2.36 bits per heavy atom. The summed E-state index contributed by atoms with van der Waals surface area (Å²) in [6, 6.07) is 5.47. The van der Waals surface area contributed by atoms with Crippen molar-refractivity contribution in [2.24, 2.45) is 11.8 Å². The lowest BCUT2D eigenvalue weighted by atomic mass is 9.94. The summed E-state index contributed by atoms with van der Waals surface area (Å²) in [6.45, 7) is 6.12. The van der Waals surface area contributed by atoms with Gasteiger partial charge in [-0.15, -0.1) is 0 Å². The number of esters is 1. The fourth-order valence-electron chi connectivity index (χ4n) is 3.74. The first kappa shape index (κ1) is 25.4. The van der Waals surface area contributed by atoms with Crippen molar-refractivity contribution in [3.63, 3.8) is 0 Å². The van der Waals surface area contributed by atoms with Crippen molar-refractivity contribution in [2.75, 3.05) is 25.0 Å². The topological polar surface area (TPSA) is 106 Å². The fraction of sp³-hybridized carbons (Fsp3) is 0.409. The number of carbonyl (C=O) groups is 2.